The van der Waals surface area contributed by atoms with E-state index < -0.39 is 16.0 Å². The van der Waals surface area contributed by atoms with Crippen LogP contribution in [0.25, 0.3) is 0 Å². The van der Waals surface area contributed by atoms with Gasteiger partial charge in [0.25, 0.3) is 0 Å². The highest BCUT2D eigenvalue weighted by Crippen LogP contribution is 2.14. The van der Waals surface area contributed by atoms with Gasteiger partial charge < -0.3 is 5.11 Å². The van der Waals surface area contributed by atoms with Gasteiger partial charge in [0.15, 0.2) is 0 Å². The zero-order valence-corrected chi connectivity index (χ0v) is 10.2. The summed E-state index contributed by atoms with van der Waals surface area (Å²) < 4.78 is 24.7. The molecule has 0 aliphatic carbocycles. The molecule has 0 fully saturated rings. The molecule has 7 heteroatoms. The lowest BCUT2D eigenvalue weighted by Gasteiger charge is -2.18. The topological polar surface area (TPSA) is 87.6 Å². The molecule has 94 valence electrons. The number of carbonyl (C=O) groups is 1. The lowest BCUT2D eigenvalue weighted by atomic mass is 10.3. The number of pyridine rings is 1. The van der Waals surface area contributed by atoms with Gasteiger partial charge in [-0.1, -0.05) is 0 Å². The fraction of sp³-hybridized carbons (Fsp3) is 0.400. The number of carboxylic acid groups (broad SMARTS) is 1. The summed E-state index contributed by atoms with van der Waals surface area (Å²) in [6.45, 7) is 0. The monoisotopic (exact) mass is 258 g/mol. The third kappa shape index (κ3) is 4.03. The van der Waals surface area contributed by atoms with Crippen LogP contribution in [0.2, 0.25) is 0 Å². The highest BCUT2D eigenvalue weighted by molar-refractivity contribution is 7.92. The van der Waals surface area contributed by atoms with Crippen molar-refractivity contribution >= 4 is 21.7 Å². The van der Waals surface area contributed by atoms with E-state index in [-0.39, 0.29) is 18.6 Å². The number of hydrogen-bond acceptors (Lipinski definition) is 4. The van der Waals surface area contributed by atoms with Crippen molar-refractivity contribution in [1.29, 1.82) is 0 Å². The first-order chi connectivity index (χ1) is 7.93. The summed E-state index contributed by atoms with van der Waals surface area (Å²) in [4.78, 5) is 14.1. The van der Waals surface area contributed by atoms with Gasteiger partial charge in [-0.25, -0.2) is 8.42 Å². The molecule has 0 bridgehead atoms. The first kappa shape index (κ1) is 13.4. The number of anilines is 1. The summed E-state index contributed by atoms with van der Waals surface area (Å²) in [7, 11) is -2.06. The number of carboxylic acids is 1. The Kier molecular flexibility index (Phi) is 4.45. The summed E-state index contributed by atoms with van der Waals surface area (Å²) in [6, 6.07) is 3.26. The van der Waals surface area contributed by atoms with Crippen LogP contribution in [0.15, 0.2) is 24.5 Å². The molecule has 1 heterocycles. The number of rotatable bonds is 6. The molecule has 1 aromatic heterocycles. The molecule has 0 unspecified atom stereocenters. The Morgan fingerprint density at radius 1 is 1.53 bits per heavy atom. The molecule has 0 aliphatic heterocycles. The average Bonchev–Trinajstić information content (AvgIpc) is 2.28. The van der Waals surface area contributed by atoms with Crippen molar-refractivity contribution in [3.63, 3.8) is 0 Å². The molecule has 1 aromatic rings. The van der Waals surface area contributed by atoms with E-state index in [1.807, 2.05) is 0 Å². The van der Waals surface area contributed by atoms with E-state index in [1.165, 1.54) is 13.2 Å². The van der Waals surface area contributed by atoms with Gasteiger partial charge in [0.2, 0.25) is 10.0 Å². The van der Waals surface area contributed by atoms with Crippen LogP contribution in [-0.2, 0) is 14.8 Å². The first-order valence-electron chi connectivity index (χ1n) is 5.02. The maximum absolute atomic E-state index is 11.8. The van der Waals surface area contributed by atoms with E-state index in [0.717, 1.165) is 4.31 Å². The van der Waals surface area contributed by atoms with E-state index in [0.29, 0.717) is 5.69 Å². The molecular weight excluding hydrogens is 244 g/mol. The molecule has 0 aromatic carbocycles. The lowest BCUT2D eigenvalue weighted by Crippen LogP contribution is -2.29. The third-order valence-electron chi connectivity index (χ3n) is 2.22. The van der Waals surface area contributed by atoms with Crippen LogP contribution in [0.1, 0.15) is 12.8 Å². The zero-order chi connectivity index (χ0) is 12.9. The molecule has 0 saturated heterocycles. The smallest absolute Gasteiger partial charge is 0.303 e. The molecule has 1 rings (SSSR count). The Labute approximate surface area is 100.0 Å². The van der Waals surface area contributed by atoms with Crippen LogP contribution in [0.3, 0.4) is 0 Å². The van der Waals surface area contributed by atoms with Gasteiger partial charge in [-0.05, 0) is 18.6 Å². The minimum absolute atomic E-state index is 0.0995. The molecule has 1 N–H and O–H groups in total. The van der Waals surface area contributed by atoms with Crippen molar-refractivity contribution in [2.24, 2.45) is 0 Å². The Balaban J connectivity index is 2.68. The van der Waals surface area contributed by atoms with Gasteiger partial charge in [-0.15, -0.1) is 0 Å². The Morgan fingerprint density at radius 3 is 2.76 bits per heavy atom. The van der Waals surface area contributed by atoms with E-state index >= 15 is 0 Å². The SMILES string of the molecule is CN(c1cccnc1)S(=O)(=O)CCCC(=O)O. The van der Waals surface area contributed by atoms with E-state index in [9.17, 15) is 13.2 Å². The lowest BCUT2D eigenvalue weighted by molar-refractivity contribution is -0.137. The van der Waals surface area contributed by atoms with E-state index in [4.69, 9.17) is 5.11 Å². The minimum Gasteiger partial charge on any atom is -0.481 e. The van der Waals surface area contributed by atoms with Gasteiger partial charge in [-0.3, -0.25) is 14.1 Å². The predicted octanol–water partition coefficient (Wildman–Crippen LogP) is 0.712. The standard InChI is InChI=1S/C10H14N2O4S/c1-12(9-4-2-6-11-8-9)17(15,16)7-3-5-10(13)14/h2,4,6,8H,3,5,7H2,1H3,(H,13,14). The molecule has 0 saturated carbocycles. The number of sulfonamides is 1. The fourth-order valence-electron chi connectivity index (χ4n) is 1.24. The van der Waals surface area contributed by atoms with Crippen molar-refractivity contribution in [2.75, 3.05) is 17.1 Å². The Hall–Kier alpha value is -1.63. The summed E-state index contributed by atoms with van der Waals surface area (Å²) >= 11 is 0. The zero-order valence-electron chi connectivity index (χ0n) is 9.41. The summed E-state index contributed by atoms with van der Waals surface area (Å²) in [5, 5.41) is 8.45. The fourth-order valence-corrected chi connectivity index (χ4v) is 2.46. The van der Waals surface area contributed by atoms with Crippen molar-refractivity contribution in [2.45, 2.75) is 12.8 Å². The number of aromatic nitrogens is 1. The molecule has 0 amide bonds. The van der Waals surface area contributed by atoms with Gasteiger partial charge >= 0.3 is 5.97 Å². The molecule has 0 radical (unpaired) electrons. The second-order valence-corrected chi connectivity index (χ2v) is 5.61. The van der Waals surface area contributed by atoms with Crippen LogP contribution in [-0.4, -0.2) is 37.3 Å². The second kappa shape index (κ2) is 5.62. The summed E-state index contributed by atoms with van der Waals surface area (Å²) in [5.41, 5.74) is 0.461. The van der Waals surface area contributed by atoms with Crippen LogP contribution in [0.5, 0.6) is 0 Å². The van der Waals surface area contributed by atoms with E-state index in [1.54, 1.807) is 18.3 Å². The van der Waals surface area contributed by atoms with Crippen LogP contribution >= 0.6 is 0 Å². The van der Waals surface area contributed by atoms with Crippen molar-refractivity contribution in [3.8, 4) is 0 Å². The van der Waals surface area contributed by atoms with Crippen molar-refractivity contribution in [3.05, 3.63) is 24.5 Å². The van der Waals surface area contributed by atoms with Crippen LogP contribution in [0.4, 0.5) is 5.69 Å². The number of aliphatic carboxylic acids is 1. The normalized spacial score (nSPS) is 11.1. The Bertz CT molecular complexity index is 472. The van der Waals surface area contributed by atoms with E-state index in [2.05, 4.69) is 4.98 Å². The summed E-state index contributed by atoms with van der Waals surface area (Å²) in [5.74, 6) is -1.19. The largest absolute Gasteiger partial charge is 0.481 e. The third-order valence-corrected chi connectivity index (χ3v) is 4.07. The highest BCUT2D eigenvalue weighted by Gasteiger charge is 2.18. The minimum atomic E-state index is -3.48. The first-order valence-corrected chi connectivity index (χ1v) is 6.63. The number of nitrogens with zero attached hydrogens (tertiary/aromatic N) is 2. The maximum atomic E-state index is 11.8. The second-order valence-electron chi connectivity index (χ2n) is 3.49. The predicted molar refractivity (Wildman–Crippen MR) is 63.3 cm³/mol. The average molecular weight is 258 g/mol. The van der Waals surface area contributed by atoms with Crippen LogP contribution in [0, 0.1) is 0 Å². The number of hydrogen-bond donors (Lipinski definition) is 1. The van der Waals surface area contributed by atoms with Gasteiger partial charge in [0.05, 0.1) is 17.6 Å². The van der Waals surface area contributed by atoms with Crippen molar-refractivity contribution < 1.29 is 18.3 Å². The molecular formula is C10H14N2O4S. The summed E-state index contributed by atoms with van der Waals surface area (Å²) in [6.07, 6.45) is 2.94. The maximum Gasteiger partial charge on any atom is 0.303 e. The molecule has 0 atom stereocenters. The molecule has 6 nitrogen and oxygen atoms in total. The molecule has 0 spiro atoms. The quantitative estimate of drug-likeness (QED) is 0.812. The highest BCUT2D eigenvalue weighted by atomic mass is 32.2. The van der Waals surface area contributed by atoms with Gasteiger partial charge in [-0.2, -0.15) is 0 Å². The Morgan fingerprint density at radius 2 is 2.24 bits per heavy atom. The molecule has 17 heavy (non-hydrogen) atoms. The molecule has 0 aliphatic rings. The van der Waals surface area contributed by atoms with Gasteiger partial charge in [0.1, 0.15) is 0 Å². The van der Waals surface area contributed by atoms with Gasteiger partial charge in [0, 0.05) is 19.7 Å². The van der Waals surface area contributed by atoms with Crippen molar-refractivity contribution in [1.82, 2.24) is 4.98 Å². The van der Waals surface area contributed by atoms with Crippen LogP contribution < -0.4 is 4.31 Å².